The smallest absolute Gasteiger partial charge is 0.548 e. The number of hydrazine groups is 1. The number of carbonyl (C=O) groups is 3. The zero-order chi connectivity index (χ0) is 14.1. The van der Waals surface area contributed by atoms with E-state index in [0.29, 0.717) is 12.8 Å². The second kappa shape index (κ2) is 11.4. The van der Waals surface area contributed by atoms with E-state index in [9.17, 15) is 19.5 Å². The number of carboxylic acids is 1. The molecule has 0 aliphatic carbocycles. The zero-order valence-corrected chi connectivity index (χ0v) is 14.1. The Bertz CT molecular complexity index is 308. The first kappa shape index (κ1) is 20.9. The molecule has 0 aromatic heterocycles. The molecule has 0 rings (SSSR count). The molecular weight excluding hydrogens is 259 g/mol. The molecule has 6 nitrogen and oxygen atoms in total. The Morgan fingerprint density at radius 1 is 1.21 bits per heavy atom. The van der Waals surface area contributed by atoms with Crippen LogP contribution in [-0.2, 0) is 14.4 Å². The van der Waals surface area contributed by atoms with Crippen LogP contribution in [0.2, 0.25) is 0 Å². The number of amides is 1. The normalized spacial score (nSPS) is 11.6. The fourth-order valence-electron chi connectivity index (χ4n) is 1.36. The van der Waals surface area contributed by atoms with Gasteiger partial charge in [-0.25, -0.2) is 5.43 Å². The Labute approximate surface area is 136 Å². The molecule has 0 aliphatic rings. The van der Waals surface area contributed by atoms with Crippen molar-refractivity contribution in [2.24, 2.45) is 5.92 Å². The summed E-state index contributed by atoms with van der Waals surface area (Å²) >= 11 is 0. The SMILES string of the molecule is CCCCC(=O)C(=O)NN[C@@H](CC(C)C)C(=O)[O-].[Na+]. The number of ketones is 1. The third-order valence-electron chi connectivity index (χ3n) is 2.36. The Morgan fingerprint density at radius 3 is 2.21 bits per heavy atom. The van der Waals surface area contributed by atoms with Crippen molar-refractivity contribution in [3.05, 3.63) is 0 Å². The van der Waals surface area contributed by atoms with Crippen molar-refractivity contribution in [2.75, 3.05) is 0 Å². The average molecular weight is 280 g/mol. The molecule has 1 amide bonds. The molecule has 0 aromatic carbocycles. The number of carboxylic acid groups (broad SMARTS) is 1. The molecule has 0 aliphatic heterocycles. The second-order valence-corrected chi connectivity index (χ2v) is 4.63. The maximum Gasteiger partial charge on any atom is 1.00 e. The maximum absolute atomic E-state index is 11.3. The minimum atomic E-state index is -1.30. The van der Waals surface area contributed by atoms with E-state index in [1.807, 2.05) is 20.8 Å². The van der Waals surface area contributed by atoms with Gasteiger partial charge in [0.25, 0.3) is 0 Å². The summed E-state index contributed by atoms with van der Waals surface area (Å²) in [6.45, 7) is 5.62. The number of nitrogens with one attached hydrogen (secondary N) is 2. The summed E-state index contributed by atoms with van der Waals surface area (Å²) in [5, 5.41) is 10.8. The molecular formula is C12H21N2NaO4. The number of unbranched alkanes of at least 4 members (excludes halogenated alkanes) is 1. The van der Waals surface area contributed by atoms with Gasteiger partial charge in [0.1, 0.15) is 0 Å². The molecule has 104 valence electrons. The Kier molecular flexibility index (Phi) is 12.5. The molecule has 0 spiro atoms. The van der Waals surface area contributed by atoms with Crippen LogP contribution < -0.4 is 45.5 Å². The van der Waals surface area contributed by atoms with Crippen molar-refractivity contribution in [1.82, 2.24) is 10.9 Å². The van der Waals surface area contributed by atoms with Crippen molar-refractivity contribution < 1.29 is 49.0 Å². The van der Waals surface area contributed by atoms with Gasteiger partial charge in [-0.1, -0.05) is 27.2 Å². The van der Waals surface area contributed by atoms with Crippen LogP contribution in [0.25, 0.3) is 0 Å². The molecule has 0 saturated heterocycles. The molecule has 0 unspecified atom stereocenters. The summed E-state index contributed by atoms with van der Waals surface area (Å²) in [7, 11) is 0. The average Bonchev–Trinajstić information content (AvgIpc) is 2.30. The van der Waals surface area contributed by atoms with E-state index in [1.165, 1.54) is 0 Å². The predicted molar refractivity (Wildman–Crippen MR) is 64.1 cm³/mol. The Morgan fingerprint density at radius 2 is 1.79 bits per heavy atom. The van der Waals surface area contributed by atoms with Gasteiger partial charge in [0.2, 0.25) is 5.78 Å². The molecule has 0 fully saturated rings. The molecule has 1 atom stereocenters. The minimum absolute atomic E-state index is 0. The molecule has 7 heteroatoms. The van der Waals surface area contributed by atoms with E-state index in [-0.39, 0.29) is 41.9 Å². The number of hydrogen-bond donors (Lipinski definition) is 2. The van der Waals surface area contributed by atoms with E-state index in [2.05, 4.69) is 10.9 Å². The number of Topliss-reactive ketones (excluding diaryl/α,β-unsaturated/α-hetero) is 1. The first-order chi connectivity index (χ1) is 8.38. The Balaban J connectivity index is 0. The molecule has 0 saturated carbocycles. The van der Waals surface area contributed by atoms with Crippen LogP contribution >= 0.6 is 0 Å². The Hall–Kier alpha value is -0.430. The number of rotatable bonds is 9. The van der Waals surface area contributed by atoms with Crippen LogP contribution in [0.5, 0.6) is 0 Å². The topological polar surface area (TPSA) is 98.3 Å². The summed E-state index contributed by atoms with van der Waals surface area (Å²) < 4.78 is 0. The van der Waals surface area contributed by atoms with Crippen molar-refractivity contribution in [1.29, 1.82) is 0 Å². The monoisotopic (exact) mass is 280 g/mol. The third kappa shape index (κ3) is 10.1. The summed E-state index contributed by atoms with van der Waals surface area (Å²) in [6, 6.07) is -0.993. The van der Waals surface area contributed by atoms with Gasteiger partial charge < -0.3 is 9.90 Å². The number of aliphatic carboxylic acids is 1. The summed E-state index contributed by atoms with van der Waals surface area (Å²) in [5.74, 6) is -2.53. The molecule has 19 heavy (non-hydrogen) atoms. The van der Waals surface area contributed by atoms with Gasteiger partial charge >= 0.3 is 35.5 Å². The fraction of sp³-hybridized carbons (Fsp3) is 0.750. The standard InChI is InChI=1S/C12H22N2O4.Na/c1-4-5-6-10(15)11(16)14-13-9(12(17)18)7-8(2)3;/h8-9,13H,4-7H2,1-3H3,(H,14,16)(H,17,18);/q;+1/p-1/t9-;/m0./s1. The molecule has 0 radical (unpaired) electrons. The first-order valence-electron chi connectivity index (χ1n) is 6.18. The van der Waals surface area contributed by atoms with Gasteiger partial charge in [-0.15, -0.1) is 0 Å². The zero-order valence-electron chi connectivity index (χ0n) is 12.1. The fourth-order valence-corrected chi connectivity index (χ4v) is 1.36. The molecule has 0 heterocycles. The first-order valence-corrected chi connectivity index (χ1v) is 6.18. The molecule has 0 bridgehead atoms. The van der Waals surface area contributed by atoms with Gasteiger partial charge in [-0.3, -0.25) is 15.0 Å². The summed E-state index contributed by atoms with van der Waals surface area (Å²) in [5.41, 5.74) is 4.44. The van der Waals surface area contributed by atoms with Crippen LogP contribution in [0.1, 0.15) is 46.5 Å². The number of carbonyl (C=O) groups excluding carboxylic acids is 3. The quantitative estimate of drug-likeness (QED) is 0.260. The van der Waals surface area contributed by atoms with Crippen molar-refractivity contribution in [3.63, 3.8) is 0 Å². The van der Waals surface area contributed by atoms with Gasteiger partial charge in [0.15, 0.2) is 0 Å². The van der Waals surface area contributed by atoms with E-state index in [4.69, 9.17) is 0 Å². The van der Waals surface area contributed by atoms with Crippen LogP contribution in [0, 0.1) is 5.92 Å². The van der Waals surface area contributed by atoms with Crippen LogP contribution in [0.15, 0.2) is 0 Å². The number of hydrogen-bond acceptors (Lipinski definition) is 5. The van der Waals surface area contributed by atoms with Gasteiger partial charge in [0, 0.05) is 6.42 Å². The van der Waals surface area contributed by atoms with Crippen molar-refractivity contribution in [2.45, 2.75) is 52.5 Å². The maximum atomic E-state index is 11.3. The van der Waals surface area contributed by atoms with Gasteiger partial charge in [-0.2, -0.15) is 0 Å². The van der Waals surface area contributed by atoms with Crippen molar-refractivity contribution in [3.8, 4) is 0 Å². The predicted octanol–water partition coefficient (Wildman–Crippen LogP) is -3.46. The van der Waals surface area contributed by atoms with E-state index < -0.39 is 23.7 Å². The minimum Gasteiger partial charge on any atom is -0.548 e. The van der Waals surface area contributed by atoms with Crippen LogP contribution in [0.3, 0.4) is 0 Å². The van der Waals surface area contributed by atoms with Crippen LogP contribution in [-0.4, -0.2) is 23.7 Å². The third-order valence-corrected chi connectivity index (χ3v) is 2.36. The molecule has 2 N–H and O–H groups in total. The summed E-state index contributed by atoms with van der Waals surface area (Å²) in [6.07, 6.45) is 1.94. The van der Waals surface area contributed by atoms with E-state index in [0.717, 1.165) is 6.42 Å². The van der Waals surface area contributed by atoms with Gasteiger partial charge in [0.05, 0.1) is 12.0 Å². The van der Waals surface area contributed by atoms with E-state index in [1.54, 1.807) is 0 Å². The van der Waals surface area contributed by atoms with Crippen LogP contribution in [0.4, 0.5) is 0 Å². The van der Waals surface area contributed by atoms with Gasteiger partial charge in [-0.05, 0) is 18.8 Å². The largest absolute Gasteiger partial charge is 1.00 e. The summed E-state index contributed by atoms with van der Waals surface area (Å²) in [4.78, 5) is 33.4. The van der Waals surface area contributed by atoms with E-state index >= 15 is 0 Å². The molecule has 0 aromatic rings. The second-order valence-electron chi connectivity index (χ2n) is 4.63. The van der Waals surface area contributed by atoms with Crippen molar-refractivity contribution >= 4 is 17.7 Å².